The first-order chi connectivity index (χ1) is 3.73. The third-order valence-corrected chi connectivity index (χ3v) is 0. The Balaban J connectivity index is 0. The molecule has 0 aromatic rings. The predicted molar refractivity (Wildman–Crippen MR) is 47.5 cm³/mol. The molecule has 0 heterocycles. The summed E-state index contributed by atoms with van der Waals surface area (Å²) in [4.78, 5) is 0. The molecule has 0 spiro atoms. The van der Waals surface area contributed by atoms with E-state index < -0.39 is 7.55 Å². The molecule has 0 aliphatic carbocycles. The van der Waals surface area contributed by atoms with Crippen LogP contribution in [0.1, 0.15) is 0 Å². The maximum Gasteiger partial charge on any atom is 0.266 e. The molecule has 7 heteroatoms. The van der Waals surface area contributed by atoms with E-state index in [1.807, 2.05) is 0 Å². The molecule has 0 aliphatic rings. The summed E-state index contributed by atoms with van der Waals surface area (Å²) in [6, 6.07) is 0. The predicted octanol–water partition coefficient (Wildman–Crippen LogP) is 4.54. The van der Waals surface area contributed by atoms with Gasteiger partial charge in [0.25, 0.3) is 3.25 Å². The van der Waals surface area contributed by atoms with Gasteiger partial charge in [0, 0.05) is 0 Å². The minimum atomic E-state index is -1.61. The van der Waals surface area contributed by atoms with Crippen molar-refractivity contribution in [3.8, 4) is 0 Å². The molecule has 0 fully saturated rings. The summed E-state index contributed by atoms with van der Waals surface area (Å²) in [5, 5.41) is 0. The van der Waals surface area contributed by atoms with Crippen LogP contribution in [0.2, 0.25) is 0 Å². The lowest BCUT2D eigenvalue weighted by Crippen LogP contribution is -1.81. The van der Waals surface area contributed by atoms with Crippen LogP contribution in [0.3, 0.4) is 0 Å². The van der Waals surface area contributed by atoms with Gasteiger partial charge in [-0.3, -0.25) is 0 Å². The van der Waals surface area contributed by atoms with Crippen molar-refractivity contribution in [3.05, 3.63) is 0 Å². The molecule has 9 heavy (non-hydrogen) atoms. The Hall–Kier alpha value is 2.03. The van der Waals surface area contributed by atoms with Gasteiger partial charge in [-0.2, -0.15) is 0 Å². The Bertz CT molecular complexity index is 43.7. The number of hydrogen-bond donors (Lipinski definition) is 0. The van der Waals surface area contributed by atoms with Crippen LogP contribution in [0.15, 0.2) is 0 Å². The highest BCUT2D eigenvalue weighted by Crippen LogP contribution is 2.29. The van der Waals surface area contributed by atoms with Gasteiger partial charge >= 0.3 is 0 Å². The minimum Gasteiger partial charge on any atom is -0.0874 e. The summed E-state index contributed by atoms with van der Waals surface area (Å²) in [6.45, 7) is 0. The summed E-state index contributed by atoms with van der Waals surface area (Å²) < 4.78 is -2.36. The van der Waals surface area contributed by atoms with Gasteiger partial charge in [0.1, 0.15) is 0 Å². The van der Waals surface area contributed by atoms with E-state index in [4.69, 9.17) is 81.2 Å². The van der Waals surface area contributed by atoms with Gasteiger partial charge in [-0.1, -0.05) is 81.2 Å². The summed E-state index contributed by atoms with van der Waals surface area (Å²) >= 11 is 33.7. The quantitative estimate of drug-likeness (QED) is 0.568. The second-order valence-electron chi connectivity index (χ2n) is 0.676. The number of halogens is 7. The summed E-state index contributed by atoms with van der Waals surface area (Å²) in [5.41, 5.74) is 0. The maximum atomic E-state index is 4.83. The third kappa shape index (κ3) is 157. The molecule has 0 aromatic heterocycles. The number of hydrogen-bond acceptors (Lipinski definition) is 0. The fraction of sp³-hybridized carbons (Fsp3) is 1.00. The molecular weight excluding hydrogens is 272 g/mol. The van der Waals surface area contributed by atoms with Gasteiger partial charge in [-0.25, -0.2) is 0 Å². The molecule has 0 unspecified atom stereocenters. The molecule has 0 rings (SSSR count). The van der Waals surface area contributed by atoms with Crippen molar-refractivity contribution in [3.63, 3.8) is 0 Å². The van der Waals surface area contributed by atoms with Crippen molar-refractivity contribution in [2.75, 3.05) is 0 Å². The normalized spacial score (nSPS) is 10.7. The average Bonchev–Trinajstić information content (AvgIpc) is 1.19. The van der Waals surface area contributed by atoms with Crippen molar-refractivity contribution in [2.45, 2.75) is 7.55 Å². The highest BCUT2D eigenvalue weighted by Gasteiger charge is 2.11. The molecule has 0 aliphatic heterocycles. The van der Waals surface area contributed by atoms with Crippen LogP contribution in [0.5, 0.6) is 0 Å². The van der Waals surface area contributed by atoms with Gasteiger partial charge in [0.05, 0.1) is 0 Å². The van der Waals surface area contributed by atoms with Crippen LogP contribution >= 0.6 is 81.2 Å². The first kappa shape index (κ1) is 13.6. The molecular formula is C2HCl7. The van der Waals surface area contributed by atoms with Gasteiger partial charge < -0.3 is 0 Å². The molecule has 0 amide bonds. The van der Waals surface area contributed by atoms with Crippen LogP contribution in [0.25, 0.3) is 0 Å². The zero-order valence-corrected chi connectivity index (χ0v) is 9.01. The van der Waals surface area contributed by atoms with Crippen molar-refractivity contribution in [2.24, 2.45) is 0 Å². The van der Waals surface area contributed by atoms with Crippen molar-refractivity contribution < 1.29 is 0 Å². The molecule has 0 bridgehead atoms. The maximum absolute atomic E-state index is 4.83. The standard InChI is InChI=1S/CCl4.CHCl3/c2-1(3,4)5;2-1(3)4/h;1H. The van der Waals surface area contributed by atoms with Crippen molar-refractivity contribution in [1.29, 1.82) is 0 Å². The van der Waals surface area contributed by atoms with Gasteiger partial charge in [0.2, 0.25) is 0 Å². The van der Waals surface area contributed by atoms with Gasteiger partial charge in [-0.15, -0.1) is 0 Å². The number of alkyl halides is 7. The van der Waals surface area contributed by atoms with E-state index in [2.05, 4.69) is 0 Å². The Labute approximate surface area is 88.2 Å². The summed E-state index contributed by atoms with van der Waals surface area (Å²) in [5.74, 6) is 0. The van der Waals surface area contributed by atoms with Crippen LogP contribution in [0.4, 0.5) is 0 Å². The molecule has 0 N–H and O–H groups in total. The van der Waals surface area contributed by atoms with Crippen LogP contribution < -0.4 is 0 Å². The lowest BCUT2D eigenvalue weighted by atomic mass is 11.8. The Morgan fingerprint density at radius 3 is 0.778 bits per heavy atom. The first-order valence-corrected chi connectivity index (χ1v) is 4.23. The van der Waals surface area contributed by atoms with E-state index >= 15 is 0 Å². The molecule has 0 nitrogen and oxygen atoms in total. The topological polar surface area (TPSA) is 0 Å². The second kappa shape index (κ2) is 6.72. The molecule has 0 saturated heterocycles. The fourth-order valence-electron chi connectivity index (χ4n) is 0. The molecule has 58 valence electrons. The summed E-state index contributed by atoms with van der Waals surface area (Å²) in [6.07, 6.45) is 0. The van der Waals surface area contributed by atoms with Crippen LogP contribution in [0, 0.1) is 0 Å². The van der Waals surface area contributed by atoms with E-state index in [1.165, 1.54) is 0 Å². The monoisotopic (exact) mass is 270 g/mol. The van der Waals surface area contributed by atoms with Crippen molar-refractivity contribution >= 4 is 81.2 Å². The van der Waals surface area contributed by atoms with E-state index in [9.17, 15) is 0 Å². The Kier molecular flexibility index (Phi) is 10.2. The van der Waals surface area contributed by atoms with Crippen LogP contribution in [-0.4, -0.2) is 7.55 Å². The average molecular weight is 273 g/mol. The minimum absolute atomic E-state index is 0.750. The lowest BCUT2D eigenvalue weighted by Gasteiger charge is -1.91. The first-order valence-electron chi connectivity index (χ1n) is 1.41. The smallest absolute Gasteiger partial charge is 0.0874 e. The van der Waals surface area contributed by atoms with Crippen molar-refractivity contribution in [1.82, 2.24) is 0 Å². The zero-order chi connectivity index (χ0) is 8.08. The largest absolute Gasteiger partial charge is 0.266 e. The van der Waals surface area contributed by atoms with E-state index in [0.717, 1.165) is 0 Å². The molecule has 0 radical (unpaired) electrons. The lowest BCUT2D eigenvalue weighted by molar-refractivity contribution is 1.76. The Morgan fingerprint density at radius 2 is 0.778 bits per heavy atom. The highest BCUT2D eigenvalue weighted by molar-refractivity contribution is 6.83. The second-order valence-corrected chi connectivity index (χ2v) is 6.08. The highest BCUT2D eigenvalue weighted by atomic mass is 35.6. The fourth-order valence-corrected chi connectivity index (χ4v) is 0. The third-order valence-electron chi connectivity index (χ3n) is 0. The molecule has 0 atom stereocenters. The van der Waals surface area contributed by atoms with Gasteiger partial charge in [0.15, 0.2) is 4.30 Å². The van der Waals surface area contributed by atoms with E-state index in [-0.39, 0.29) is 0 Å². The summed E-state index contributed by atoms with van der Waals surface area (Å²) in [7, 11) is 0. The van der Waals surface area contributed by atoms with Crippen LogP contribution in [-0.2, 0) is 0 Å². The SMILES string of the molecule is ClC(Cl)(Cl)Cl.ClC(Cl)Cl. The molecule has 0 saturated carbocycles. The molecule has 0 aromatic carbocycles. The van der Waals surface area contributed by atoms with E-state index in [1.54, 1.807) is 0 Å². The van der Waals surface area contributed by atoms with Gasteiger partial charge in [-0.05, 0) is 0 Å². The Morgan fingerprint density at radius 1 is 0.778 bits per heavy atom. The zero-order valence-electron chi connectivity index (χ0n) is 3.72. The number of rotatable bonds is 0. The van der Waals surface area contributed by atoms with E-state index in [0.29, 0.717) is 0 Å².